The molecule has 4 rings (SSSR count). The Morgan fingerprint density at radius 3 is 2.69 bits per heavy atom. The van der Waals surface area contributed by atoms with E-state index < -0.39 is 0 Å². The van der Waals surface area contributed by atoms with Gasteiger partial charge in [-0.2, -0.15) is 0 Å². The molecule has 1 amide bonds. The number of hydrogen-bond acceptors (Lipinski definition) is 5. The highest BCUT2D eigenvalue weighted by molar-refractivity contribution is 7.09. The molecule has 0 fully saturated rings. The average Bonchev–Trinajstić information content (AvgIpc) is 3.33. The molecule has 1 atom stereocenters. The second kappa shape index (κ2) is 8.05. The Kier molecular flexibility index (Phi) is 5.31. The third-order valence-corrected chi connectivity index (χ3v) is 5.45. The number of imidazole rings is 1. The number of benzene rings is 1. The van der Waals surface area contributed by atoms with Crippen molar-refractivity contribution in [2.75, 3.05) is 0 Å². The molecule has 0 saturated carbocycles. The maximum atomic E-state index is 12.5. The summed E-state index contributed by atoms with van der Waals surface area (Å²) in [6.45, 7) is 6.29. The number of fused-ring (bicyclic) bond motifs is 1. The number of nitrogens with one attached hydrogen (secondary N) is 1. The van der Waals surface area contributed by atoms with Gasteiger partial charge in [0.2, 0.25) is 0 Å². The largest absolute Gasteiger partial charge is 0.487 e. The Morgan fingerprint density at radius 1 is 1.21 bits per heavy atom. The van der Waals surface area contributed by atoms with Crippen LogP contribution in [-0.4, -0.2) is 20.3 Å². The van der Waals surface area contributed by atoms with Crippen LogP contribution in [-0.2, 0) is 6.61 Å². The standard InChI is InChI=1S/C22H22N4O2S/c1-14-5-4-10-26-11-18(25-21(14)26)12-28-19-8-6-17(7-9-19)22(27)23-15(2)20-13-29-16(3)24-20/h4-11,13,15H,12H2,1-3H3,(H,23,27). The van der Waals surface area contributed by atoms with Gasteiger partial charge in [0.1, 0.15) is 18.0 Å². The van der Waals surface area contributed by atoms with E-state index in [1.165, 1.54) is 0 Å². The van der Waals surface area contributed by atoms with Gasteiger partial charge in [0.25, 0.3) is 5.91 Å². The number of aromatic nitrogens is 3. The molecule has 29 heavy (non-hydrogen) atoms. The lowest BCUT2D eigenvalue weighted by Gasteiger charge is -2.12. The van der Waals surface area contributed by atoms with Gasteiger partial charge in [-0.3, -0.25) is 4.79 Å². The Morgan fingerprint density at radius 2 is 2.00 bits per heavy atom. The molecule has 3 aromatic heterocycles. The van der Waals surface area contributed by atoms with Crippen molar-refractivity contribution < 1.29 is 9.53 Å². The summed E-state index contributed by atoms with van der Waals surface area (Å²) in [4.78, 5) is 21.5. The summed E-state index contributed by atoms with van der Waals surface area (Å²) >= 11 is 1.58. The van der Waals surface area contributed by atoms with Crippen molar-refractivity contribution in [2.24, 2.45) is 0 Å². The molecule has 6 nitrogen and oxygen atoms in total. The Labute approximate surface area is 173 Å². The third kappa shape index (κ3) is 4.30. The lowest BCUT2D eigenvalue weighted by Crippen LogP contribution is -2.26. The molecule has 0 aliphatic heterocycles. The van der Waals surface area contributed by atoms with Gasteiger partial charge in [-0.25, -0.2) is 9.97 Å². The van der Waals surface area contributed by atoms with Gasteiger partial charge in [0.15, 0.2) is 0 Å². The molecule has 0 aliphatic carbocycles. The first-order valence-electron chi connectivity index (χ1n) is 9.38. The summed E-state index contributed by atoms with van der Waals surface area (Å²) < 4.78 is 7.83. The minimum atomic E-state index is -0.137. The number of thiazole rings is 1. The fraction of sp³-hybridized carbons (Fsp3) is 0.227. The van der Waals surface area contributed by atoms with E-state index in [2.05, 4.69) is 15.3 Å². The minimum Gasteiger partial charge on any atom is -0.487 e. The van der Waals surface area contributed by atoms with Crippen molar-refractivity contribution in [1.29, 1.82) is 0 Å². The van der Waals surface area contributed by atoms with Crippen LogP contribution in [0.25, 0.3) is 5.65 Å². The number of nitrogens with zero attached hydrogens (tertiary/aromatic N) is 3. The van der Waals surface area contributed by atoms with Crippen molar-refractivity contribution >= 4 is 22.9 Å². The molecule has 1 aromatic carbocycles. The van der Waals surface area contributed by atoms with Crippen LogP contribution in [0.15, 0.2) is 54.2 Å². The molecule has 0 aliphatic rings. The molecule has 7 heteroatoms. The van der Waals surface area contributed by atoms with Gasteiger partial charge in [0, 0.05) is 23.3 Å². The number of carbonyl (C=O) groups excluding carboxylic acids is 1. The number of rotatable bonds is 6. The van der Waals surface area contributed by atoms with Crippen molar-refractivity contribution in [2.45, 2.75) is 33.4 Å². The monoisotopic (exact) mass is 406 g/mol. The van der Waals surface area contributed by atoms with Gasteiger partial charge in [0.05, 0.1) is 22.4 Å². The summed E-state index contributed by atoms with van der Waals surface area (Å²) in [5, 5.41) is 5.93. The number of carbonyl (C=O) groups is 1. The average molecular weight is 407 g/mol. The zero-order chi connectivity index (χ0) is 20.4. The Hall–Kier alpha value is -3.19. The van der Waals surface area contributed by atoms with Crippen LogP contribution in [0, 0.1) is 13.8 Å². The summed E-state index contributed by atoms with van der Waals surface area (Å²) in [5.74, 6) is 0.559. The smallest absolute Gasteiger partial charge is 0.251 e. The highest BCUT2D eigenvalue weighted by Gasteiger charge is 2.14. The van der Waals surface area contributed by atoms with Crippen LogP contribution < -0.4 is 10.1 Å². The minimum absolute atomic E-state index is 0.134. The number of pyridine rings is 1. The SMILES string of the molecule is Cc1nc(C(C)NC(=O)c2ccc(OCc3cn4cccc(C)c4n3)cc2)cs1. The summed E-state index contributed by atoms with van der Waals surface area (Å²) in [5.41, 5.74) is 4.37. The molecular formula is C22H22N4O2S. The number of hydrogen-bond donors (Lipinski definition) is 1. The lowest BCUT2D eigenvalue weighted by atomic mass is 10.2. The van der Waals surface area contributed by atoms with E-state index in [-0.39, 0.29) is 11.9 Å². The zero-order valence-corrected chi connectivity index (χ0v) is 17.4. The molecule has 0 radical (unpaired) electrons. The molecular weight excluding hydrogens is 384 g/mol. The molecule has 1 unspecified atom stereocenters. The summed E-state index contributed by atoms with van der Waals surface area (Å²) in [6, 6.07) is 11.0. The van der Waals surface area contributed by atoms with Crippen LogP contribution in [0.5, 0.6) is 5.75 Å². The third-order valence-electron chi connectivity index (χ3n) is 4.66. The first-order valence-corrected chi connectivity index (χ1v) is 10.3. The van der Waals surface area contributed by atoms with Crippen molar-refractivity contribution in [1.82, 2.24) is 19.7 Å². The number of amides is 1. The van der Waals surface area contributed by atoms with Crippen molar-refractivity contribution in [3.05, 3.63) is 81.7 Å². The topological polar surface area (TPSA) is 68.5 Å². The van der Waals surface area contributed by atoms with Crippen LogP contribution in [0.4, 0.5) is 0 Å². The van der Waals surface area contributed by atoms with Gasteiger partial charge in [-0.1, -0.05) is 6.07 Å². The lowest BCUT2D eigenvalue weighted by molar-refractivity contribution is 0.0939. The first kappa shape index (κ1) is 19.1. The van der Waals surface area contributed by atoms with Gasteiger partial charge in [-0.05, 0) is 56.7 Å². The molecule has 3 heterocycles. The predicted molar refractivity (Wildman–Crippen MR) is 113 cm³/mol. The van der Waals surface area contributed by atoms with Crippen molar-refractivity contribution in [3.8, 4) is 5.75 Å². The maximum absolute atomic E-state index is 12.5. The fourth-order valence-corrected chi connectivity index (χ4v) is 3.77. The van der Waals surface area contributed by atoms with E-state index in [1.807, 2.05) is 55.1 Å². The highest BCUT2D eigenvalue weighted by atomic mass is 32.1. The van der Waals surface area contributed by atoms with E-state index in [0.29, 0.717) is 17.9 Å². The van der Waals surface area contributed by atoms with E-state index >= 15 is 0 Å². The fourth-order valence-electron chi connectivity index (χ4n) is 3.07. The highest BCUT2D eigenvalue weighted by Crippen LogP contribution is 2.18. The molecule has 148 valence electrons. The number of ether oxygens (including phenoxy) is 1. The van der Waals surface area contributed by atoms with Crippen LogP contribution >= 0.6 is 11.3 Å². The summed E-state index contributed by atoms with van der Waals surface area (Å²) in [6.07, 6.45) is 3.94. The molecule has 1 N–H and O–H groups in total. The predicted octanol–water partition coefficient (Wildman–Crippen LogP) is 4.48. The molecule has 0 bridgehead atoms. The Bertz CT molecular complexity index is 1150. The quantitative estimate of drug-likeness (QED) is 0.513. The van der Waals surface area contributed by atoms with Gasteiger partial charge >= 0.3 is 0 Å². The Balaban J connectivity index is 1.37. The first-order chi connectivity index (χ1) is 14.0. The van der Waals surface area contributed by atoms with E-state index in [1.54, 1.807) is 35.6 Å². The van der Waals surface area contributed by atoms with Crippen LogP contribution in [0.3, 0.4) is 0 Å². The van der Waals surface area contributed by atoms with Crippen molar-refractivity contribution in [3.63, 3.8) is 0 Å². The van der Waals surface area contributed by atoms with Gasteiger partial charge < -0.3 is 14.5 Å². The summed E-state index contributed by atoms with van der Waals surface area (Å²) in [7, 11) is 0. The number of aryl methyl sites for hydroxylation is 2. The second-order valence-electron chi connectivity index (χ2n) is 6.95. The second-order valence-corrected chi connectivity index (χ2v) is 8.02. The molecule has 4 aromatic rings. The van der Waals surface area contributed by atoms with Gasteiger partial charge in [-0.15, -0.1) is 11.3 Å². The van der Waals surface area contributed by atoms with Crippen LogP contribution in [0.2, 0.25) is 0 Å². The van der Waals surface area contributed by atoms with E-state index in [0.717, 1.165) is 27.6 Å². The van der Waals surface area contributed by atoms with E-state index in [9.17, 15) is 4.79 Å². The molecule has 0 spiro atoms. The van der Waals surface area contributed by atoms with Crippen LogP contribution in [0.1, 0.15) is 45.3 Å². The maximum Gasteiger partial charge on any atom is 0.251 e. The van der Waals surface area contributed by atoms with E-state index in [4.69, 9.17) is 4.74 Å². The zero-order valence-electron chi connectivity index (χ0n) is 16.5. The normalized spacial score (nSPS) is 12.1. The molecule has 0 saturated heterocycles.